The van der Waals surface area contributed by atoms with Crippen molar-refractivity contribution >= 4 is 29.9 Å². The van der Waals surface area contributed by atoms with Crippen molar-refractivity contribution < 1.29 is 5.11 Å². The van der Waals surface area contributed by atoms with Crippen molar-refractivity contribution in [3.63, 3.8) is 0 Å². The molecule has 0 aliphatic carbocycles. The zero-order valence-corrected chi connectivity index (χ0v) is 18.1. The lowest BCUT2D eigenvalue weighted by Crippen LogP contribution is -2.39. The van der Waals surface area contributed by atoms with Crippen molar-refractivity contribution in [3.8, 4) is 0 Å². The van der Waals surface area contributed by atoms with Gasteiger partial charge in [0.15, 0.2) is 5.96 Å². The van der Waals surface area contributed by atoms with Crippen LogP contribution in [-0.2, 0) is 12.1 Å². The first kappa shape index (κ1) is 22.4. The lowest BCUT2D eigenvalue weighted by atomic mass is 9.96. The monoisotopic (exact) mass is 471 g/mol. The van der Waals surface area contributed by atoms with Crippen LogP contribution < -0.4 is 10.6 Å². The topological polar surface area (TPSA) is 74.5 Å². The van der Waals surface area contributed by atoms with Gasteiger partial charge in [0.25, 0.3) is 0 Å². The molecule has 144 valence electrons. The fourth-order valence-electron chi connectivity index (χ4n) is 2.50. The van der Waals surface area contributed by atoms with Crippen molar-refractivity contribution in [3.05, 3.63) is 53.9 Å². The number of aliphatic hydroxyl groups is 1. The molecule has 7 heteroatoms. The number of rotatable bonds is 8. The van der Waals surface area contributed by atoms with E-state index in [-0.39, 0.29) is 24.0 Å². The van der Waals surface area contributed by atoms with E-state index in [4.69, 9.17) is 0 Å². The van der Waals surface area contributed by atoms with Gasteiger partial charge in [-0.3, -0.25) is 4.68 Å². The zero-order chi connectivity index (χ0) is 18.1. The Morgan fingerprint density at radius 2 is 2.00 bits per heavy atom. The van der Waals surface area contributed by atoms with Crippen LogP contribution in [0.4, 0.5) is 0 Å². The van der Waals surface area contributed by atoms with E-state index < -0.39 is 5.60 Å². The van der Waals surface area contributed by atoms with Gasteiger partial charge in [-0.15, -0.1) is 24.0 Å². The van der Waals surface area contributed by atoms with E-state index in [9.17, 15) is 5.11 Å². The number of hydrogen-bond acceptors (Lipinski definition) is 3. The van der Waals surface area contributed by atoms with Crippen LogP contribution in [-0.4, -0.2) is 40.5 Å². The molecule has 0 saturated carbocycles. The molecule has 26 heavy (non-hydrogen) atoms. The van der Waals surface area contributed by atoms with Crippen LogP contribution in [0.3, 0.4) is 0 Å². The average Bonchev–Trinajstić information content (AvgIpc) is 3.02. The molecule has 3 N–H and O–H groups in total. The highest BCUT2D eigenvalue weighted by atomic mass is 127. The third kappa shape index (κ3) is 7.33. The summed E-state index contributed by atoms with van der Waals surface area (Å²) in [7, 11) is 0. The summed E-state index contributed by atoms with van der Waals surface area (Å²) in [4.78, 5) is 4.53. The van der Waals surface area contributed by atoms with Crippen LogP contribution in [0.5, 0.6) is 0 Å². The third-order valence-corrected chi connectivity index (χ3v) is 3.90. The Balaban J connectivity index is 0.00000338. The number of halogens is 1. The van der Waals surface area contributed by atoms with Gasteiger partial charge in [-0.05, 0) is 38.3 Å². The molecule has 2 rings (SSSR count). The normalized spacial score (nSPS) is 13.6. The van der Waals surface area contributed by atoms with Gasteiger partial charge in [0, 0.05) is 25.8 Å². The van der Waals surface area contributed by atoms with Crippen molar-refractivity contribution in [2.75, 3.05) is 19.6 Å². The Kier molecular flexibility index (Phi) is 9.64. The zero-order valence-electron chi connectivity index (χ0n) is 15.8. The maximum Gasteiger partial charge on any atom is 0.191 e. The summed E-state index contributed by atoms with van der Waals surface area (Å²) in [5, 5.41) is 21.5. The molecule has 0 aliphatic heterocycles. The molecule has 1 aromatic heterocycles. The summed E-state index contributed by atoms with van der Waals surface area (Å²) < 4.78 is 1.95. The molecular formula is C19H30IN5O. The van der Waals surface area contributed by atoms with E-state index >= 15 is 0 Å². The Morgan fingerprint density at radius 3 is 2.62 bits per heavy atom. The molecule has 1 aromatic carbocycles. The highest BCUT2D eigenvalue weighted by molar-refractivity contribution is 14.0. The quantitative estimate of drug-likeness (QED) is 0.240. The first-order chi connectivity index (χ1) is 12.0. The molecule has 1 unspecified atom stereocenters. The summed E-state index contributed by atoms with van der Waals surface area (Å²) in [6.07, 6.45) is 4.85. The van der Waals surface area contributed by atoms with Crippen molar-refractivity contribution in [2.24, 2.45) is 4.99 Å². The minimum absolute atomic E-state index is 0. The summed E-state index contributed by atoms with van der Waals surface area (Å²) >= 11 is 0. The van der Waals surface area contributed by atoms with Crippen molar-refractivity contribution in [2.45, 2.75) is 39.3 Å². The van der Waals surface area contributed by atoms with E-state index in [1.165, 1.54) is 5.56 Å². The van der Waals surface area contributed by atoms with Crippen LogP contribution in [0, 0.1) is 6.92 Å². The molecular weight excluding hydrogens is 441 g/mol. The summed E-state index contributed by atoms with van der Waals surface area (Å²) in [5.41, 5.74) is 1.05. The molecule has 1 heterocycles. The fraction of sp³-hybridized carbons (Fsp3) is 0.474. The smallest absolute Gasteiger partial charge is 0.191 e. The SMILES string of the molecule is CCNC(=NCC(C)(O)c1ccccc1)NCCCn1cc(C)cn1.I. The number of hydrogen-bond donors (Lipinski definition) is 3. The number of aliphatic imine (C=N–C) groups is 1. The molecule has 6 nitrogen and oxygen atoms in total. The van der Waals surface area contributed by atoms with Crippen LogP contribution in [0.15, 0.2) is 47.7 Å². The van der Waals surface area contributed by atoms with E-state index in [0.29, 0.717) is 6.54 Å². The summed E-state index contributed by atoms with van der Waals surface area (Å²) in [6.45, 7) is 8.58. The Labute approximate surface area is 173 Å². The Morgan fingerprint density at radius 1 is 1.27 bits per heavy atom. The van der Waals surface area contributed by atoms with Crippen LogP contribution in [0.1, 0.15) is 31.4 Å². The second-order valence-electron chi connectivity index (χ2n) is 6.40. The molecule has 2 aromatic rings. The van der Waals surface area contributed by atoms with E-state index in [1.54, 1.807) is 6.92 Å². The highest BCUT2D eigenvalue weighted by Gasteiger charge is 2.22. The number of nitrogens with zero attached hydrogens (tertiary/aromatic N) is 3. The van der Waals surface area contributed by atoms with Crippen LogP contribution in [0.25, 0.3) is 0 Å². The predicted molar refractivity (Wildman–Crippen MR) is 117 cm³/mol. The third-order valence-electron chi connectivity index (χ3n) is 3.90. The van der Waals surface area contributed by atoms with Crippen LogP contribution in [0.2, 0.25) is 0 Å². The molecule has 0 saturated heterocycles. The Hall–Kier alpha value is -1.61. The van der Waals surface area contributed by atoms with E-state index in [2.05, 4.69) is 20.7 Å². The molecule has 0 aliphatic rings. The number of guanidine groups is 1. The van der Waals surface area contributed by atoms with Gasteiger partial charge < -0.3 is 15.7 Å². The minimum Gasteiger partial charge on any atom is -0.384 e. The standard InChI is InChI=1S/C19H29N5O.HI/c1-4-20-18(21-11-8-12-24-14-16(2)13-23-24)22-15-19(3,25)17-9-6-5-7-10-17;/h5-7,9-10,13-14,25H,4,8,11-12,15H2,1-3H3,(H2,20,21,22);1H. The van der Waals surface area contributed by atoms with Gasteiger partial charge in [0.05, 0.1) is 12.7 Å². The predicted octanol–water partition coefficient (Wildman–Crippen LogP) is 2.66. The first-order valence-electron chi connectivity index (χ1n) is 8.80. The number of benzene rings is 1. The lowest BCUT2D eigenvalue weighted by Gasteiger charge is -2.22. The number of nitrogens with one attached hydrogen (secondary N) is 2. The highest BCUT2D eigenvalue weighted by Crippen LogP contribution is 2.20. The molecule has 0 spiro atoms. The summed E-state index contributed by atoms with van der Waals surface area (Å²) in [5.74, 6) is 0.718. The second-order valence-corrected chi connectivity index (χ2v) is 6.40. The van der Waals surface area contributed by atoms with Gasteiger partial charge in [-0.2, -0.15) is 5.10 Å². The van der Waals surface area contributed by atoms with Gasteiger partial charge in [0.2, 0.25) is 0 Å². The molecule has 0 amide bonds. The van der Waals surface area contributed by atoms with Crippen molar-refractivity contribution in [1.29, 1.82) is 0 Å². The van der Waals surface area contributed by atoms with E-state index in [1.807, 2.05) is 61.3 Å². The average molecular weight is 471 g/mol. The van der Waals surface area contributed by atoms with Gasteiger partial charge >= 0.3 is 0 Å². The maximum atomic E-state index is 10.7. The van der Waals surface area contributed by atoms with Gasteiger partial charge in [0.1, 0.15) is 5.60 Å². The van der Waals surface area contributed by atoms with E-state index in [0.717, 1.165) is 37.6 Å². The minimum atomic E-state index is -0.990. The number of aromatic nitrogens is 2. The van der Waals surface area contributed by atoms with Gasteiger partial charge in [-0.1, -0.05) is 30.3 Å². The molecule has 0 radical (unpaired) electrons. The molecule has 1 atom stereocenters. The first-order valence-corrected chi connectivity index (χ1v) is 8.80. The maximum absolute atomic E-state index is 10.7. The second kappa shape index (κ2) is 11.2. The lowest BCUT2D eigenvalue weighted by molar-refractivity contribution is 0.0672. The van der Waals surface area contributed by atoms with Crippen LogP contribution >= 0.6 is 24.0 Å². The van der Waals surface area contributed by atoms with Crippen molar-refractivity contribution in [1.82, 2.24) is 20.4 Å². The summed E-state index contributed by atoms with van der Waals surface area (Å²) in [6, 6.07) is 9.63. The van der Waals surface area contributed by atoms with Gasteiger partial charge in [-0.25, -0.2) is 4.99 Å². The largest absolute Gasteiger partial charge is 0.384 e. The fourth-order valence-corrected chi connectivity index (χ4v) is 2.50. The number of aryl methyl sites for hydroxylation is 2. The Bertz CT molecular complexity index is 670. The molecule has 0 fully saturated rings. The molecule has 0 bridgehead atoms.